The third-order valence-electron chi connectivity index (χ3n) is 5.38. The molecule has 0 bridgehead atoms. The van der Waals surface area contributed by atoms with Crippen LogP contribution < -0.4 is 4.74 Å². The van der Waals surface area contributed by atoms with E-state index in [4.69, 9.17) is 16.3 Å². The summed E-state index contributed by atoms with van der Waals surface area (Å²) in [5.41, 5.74) is 0.104. The van der Waals surface area contributed by atoms with E-state index < -0.39 is 38.2 Å². The average Bonchev–Trinajstić information content (AvgIpc) is 3.20. The van der Waals surface area contributed by atoms with Gasteiger partial charge in [-0.15, -0.1) is 5.10 Å². The highest BCUT2D eigenvalue weighted by Gasteiger charge is 2.29. The van der Waals surface area contributed by atoms with Crippen molar-refractivity contribution in [3.8, 4) is 40.3 Å². The van der Waals surface area contributed by atoms with Gasteiger partial charge < -0.3 is 20.1 Å². The van der Waals surface area contributed by atoms with Gasteiger partial charge in [0.25, 0.3) is 0 Å². The Bertz CT molecular complexity index is 1560. The maximum absolute atomic E-state index is 14.5. The van der Waals surface area contributed by atoms with Gasteiger partial charge in [0, 0.05) is 30.2 Å². The molecule has 188 valence electrons. The minimum atomic E-state index is -4.35. The molecule has 4 rings (SSSR count). The number of para-hydroxylation sites is 1. The van der Waals surface area contributed by atoms with Crippen LogP contribution in [0.15, 0.2) is 59.5 Å². The van der Waals surface area contributed by atoms with Crippen LogP contribution in [0, 0.1) is 5.82 Å². The van der Waals surface area contributed by atoms with E-state index in [1.807, 2.05) is 0 Å². The molecule has 0 aliphatic rings. The maximum Gasteiger partial charge on any atom is 0.319 e. The molecular weight excluding hydrogens is 515 g/mol. The number of ether oxygens (including phenoxy) is 1. The van der Waals surface area contributed by atoms with Gasteiger partial charge in [0.15, 0.2) is 5.82 Å². The number of benzene rings is 3. The molecule has 13 heteroatoms. The zero-order valence-electron chi connectivity index (χ0n) is 18.9. The number of rotatable bonds is 7. The summed E-state index contributed by atoms with van der Waals surface area (Å²) < 4.78 is 48.4. The van der Waals surface area contributed by atoms with Crippen LogP contribution in [0.5, 0.6) is 23.3 Å². The lowest BCUT2D eigenvalue weighted by Gasteiger charge is -2.20. The van der Waals surface area contributed by atoms with Crippen LogP contribution in [0.4, 0.5) is 4.39 Å². The Morgan fingerprint density at radius 3 is 2.47 bits per heavy atom. The highest BCUT2D eigenvalue weighted by Crippen LogP contribution is 2.39. The molecule has 4 aromatic rings. The number of halogens is 2. The quantitative estimate of drug-likeness (QED) is 0.326. The topological polar surface area (TPSA) is 138 Å². The van der Waals surface area contributed by atoms with Crippen LogP contribution in [0.25, 0.3) is 17.1 Å². The standard InChI is InChI=1S/C23H20ClFN4O6S/c1-28(12-13-9-14(24)7-8-20(13)35-2)36(33,34)21-10-15(18(30)11-19(21)31)22-26-27-23(32)29(22)17-6-4-3-5-16(17)25/h3-11,30-31H,12H2,1-2H3,(H,27,32). The number of phenols is 2. The molecule has 3 aromatic carbocycles. The molecule has 1 heterocycles. The molecule has 0 atom stereocenters. The van der Waals surface area contributed by atoms with E-state index in [0.29, 0.717) is 16.3 Å². The average molecular weight is 535 g/mol. The molecule has 3 N–H and O–H groups in total. The summed E-state index contributed by atoms with van der Waals surface area (Å²) >= 11 is 6.04. The van der Waals surface area contributed by atoms with Gasteiger partial charge in [-0.25, -0.2) is 17.4 Å². The number of methoxy groups -OCH3 is 1. The highest BCUT2D eigenvalue weighted by molar-refractivity contribution is 7.89. The van der Waals surface area contributed by atoms with Crippen molar-refractivity contribution in [2.45, 2.75) is 11.4 Å². The molecule has 1 aromatic heterocycles. The molecule has 0 saturated heterocycles. The van der Waals surface area contributed by atoms with Gasteiger partial charge in [0.2, 0.25) is 10.0 Å². The fourth-order valence-corrected chi connectivity index (χ4v) is 5.04. The molecule has 0 aliphatic carbocycles. The second-order valence-corrected chi connectivity index (χ2v) is 10.1. The van der Waals surface area contributed by atoms with Gasteiger partial charge in [-0.3, -0.25) is 0 Å². The first kappa shape index (κ1) is 25.2. The van der Waals surface area contributed by atoms with E-state index in [0.717, 1.165) is 27.1 Å². The Balaban J connectivity index is 1.81. The van der Waals surface area contributed by atoms with Crippen molar-refractivity contribution in [3.63, 3.8) is 0 Å². The van der Waals surface area contributed by atoms with E-state index in [1.54, 1.807) is 18.2 Å². The Morgan fingerprint density at radius 2 is 1.78 bits per heavy atom. The largest absolute Gasteiger partial charge is 0.507 e. The molecule has 0 aliphatic heterocycles. The van der Waals surface area contributed by atoms with Crippen molar-refractivity contribution in [2.24, 2.45) is 0 Å². The lowest BCUT2D eigenvalue weighted by atomic mass is 10.1. The second-order valence-electron chi connectivity index (χ2n) is 7.66. The third kappa shape index (κ3) is 4.53. The summed E-state index contributed by atoms with van der Waals surface area (Å²) in [4.78, 5) is -0.568. The van der Waals surface area contributed by atoms with Crippen molar-refractivity contribution >= 4 is 21.6 Å². The van der Waals surface area contributed by atoms with E-state index in [2.05, 4.69) is 10.2 Å². The van der Waals surface area contributed by atoms with Crippen molar-refractivity contribution in [2.75, 3.05) is 14.2 Å². The number of hydrogen-bond donors (Lipinski definition) is 3. The minimum Gasteiger partial charge on any atom is -0.507 e. The number of aromatic hydroxyl groups is 3. The van der Waals surface area contributed by atoms with Gasteiger partial charge in [0.05, 0.1) is 18.4 Å². The molecule has 10 nitrogen and oxygen atoms in total. The van der Waals surface area contributed by atoms with Crippen LogP contribution in [-0.2, 0) is 16.6 Å². The predicted molar refractivity (Wildman–Crippen MR) is 128 cm³/mol. The van der Waals surface area contributed by atoms with Gasteiger partial charge in [-0.2, -0.15) is 4.31 Å². The number of phenolic OH excluding ortho intramolecular Hbond substituents is 2. The summed E-state index contributed by atoms with van der Waals surface area (Å²) in [6.07, 6.45) is 0. The SMILES string of the molecule is COc1ccc(Cl)cc1CN(C)S(=O)(=O)c1cc(-c2nnc(O)n2-c2ccccc2F)c(O)cc1O. The van der Waals surface area contributed by atoms with Gasteiger partial charge in [-0.1, -0.05) is 28.8 Å². The second kappa shape index (κ2) is 9.64. The van der Waals surface area contributed by atoms with Gasteiger partial charge >= 0.3 is 6.01 Å². The summed E-state index contributed by atoms with van der Waals surface area (Å²) in [5, 5.41) is 38.8. The zero-order chi connectivity index (χ0) is 26.2. The Kier molecular flexibility index (Phi) is 6.76. The zero-order valence-corrected chi connectivity index (χ0v) is 20.5. The van der Waals surface area contributed by atoms with Crippen molar-refractivity contribution in [3.05, 3.63) is 71.0 Å². The van der Waals surface area contributed by atoms with E-state index >= 15 is 0 Å². The van der Waals surface area contributed by atoms with Gasteiger partial charge in [-0.05, 0) is 36.4 Å². The number of sulfonamides is 1. The Morgan fingerprint density at radius 1 is 1.06 bits per heavy atom. The summed E-state index contributed by atoms with van der Waals surface area (Å²) in [6, 6.07) is 11.2. The van der Waals surface area contributed by atoms with Gasteiger partial charge in [0.1, 0.15) is 28.0 Å². The van der Waals surface area contributed by atoms with E-state index in [1.165, 1.54) is 32.4 Å². The Labute approximate surface area is 210 Å². The van der Waals surface area contributed by atoms with Crippen LogP contribution in [0.3, 0.4) is 0 Å². The summed E-state index contributed by atoms with van der Waals surface area (Å²) in [6.45, 7) is -0.159. The first-order valence-corrected chi connectivity index (χ1v) is 12.1. The summed E-state index contributed by atoms with van der Waals surface area (Å²) in [5.74, 6) is -1.88. The highest BCUT2D eigenvalue weighted by atomic mass is 35.5. The smallest absolute Gasteiger partial charge is 0.319 e. The van der Waals surface area contributed by atoms with Crippen LogP contribution in [-0.4, -0.2) is 57.0 Å². The predicted octanol–water partition coefficient (Wildman–Crippen LogP) is 3.67. The fourth-order valence-electron chi connectivity index (χ4n) is 3.61. The van der Waals surface area contributed by atoms with E-state index in [9.17, 15) is 28.1 Å². The molecule has 36 heavy (non-hydrogen) atoms. The lowest BCUT2D eigenvalue weighted by molar-refractivity contribution is 0.396. The molecule has 0 unspecified atom stereocenters. The van der Waals surface area contributed by atoms with Crippen molar-refractivity contribution in [1.29, 1.82) is 0 Å². The Hall–Kier alpha value is -3.87. The summed E-state index contributed by atoms with van der Waals surface area (Å²) in [7, 11) is -1.63. The van der Waals surface area contributed by atoms with Crippen LogP contribution >= 0.6 is 11.6 Å². The maximum atomic E-state index is 14.5. The monoisotopic (exact) mass is 534 g/mol. The molecule has 0 radical (unpaired) electrons. The van der Waals surface area contributed by atoms with E-state index in [-0.39, 0.29) is 23.6 Å². The number of nitrogens with zero attached hydrogens (tertiary/aromatic N) is 4. The molecule has 0 amide bonds. The molecule has 0 spiro atoms. The van der Waals surface area contributed by atoms with Crippen LogP contribution in [0.1, 0.15) is 5.56 Å². The number of aromatic nitrogens is 3. The normalized spacial score (nSPS) is 11.7. The molecular formula is C23H20ClFN4O6S. The molecule has 0 saturated carbocycles. The van der Waals surface area contributed by atoms with Crippen LogP contribution in [0.2, 0.25) is 5.02 Å². The third-order valence-corrected chi connectivity index (χ3v) is 7.45. The minimum absolute atomic E-state index is 0.142. The van der Waals surface area contributed by atoms with Crippen molar-refractivity contribution in [1.82, 2.24) is 19.1 Å². The fraction of sp³-hybridized carbons (Fsp3) is 0.130. The number of hydrogen-bond acceptors (Lipinski definition) is 8. The first-order chi connectivity index (χ1) is 17.0. The van der Waals surface area contributed by atoms with Crippen molar-refractivity contribution < 1.29 is 32.9 Å². The molecule has 0 fully saturated rings. The lowest BCUT2D eigenvalue weighted by Crippen LogP contribution is -2.27. The first-order valence-electron chi connectivity index (χ1n) is 10.3.